The lowest BCUT2D eigenvalue weighted by Crippen LogP contribution is -2.21. The van der Waals surface area contributed by atoms with Gasteiger partial charge < -0.3 is 14.2 Å². The Balaban J connectivity index is 1.97. The molecule has 1 aromatic heterocycles. The molecule has 1 heterocycles. The summed E-state index contributed by atoms with van der Waals surface area (Å²) in [5.41, 5.74) is 0.814. The van der Waals surface area contributed by atoms with Gasteiger partial charge in [0.2, 0.25) is 0 Å². The molecule has 0 bridgehead atoms. The van der Waals surface area contributed by atoms with Crippen LogP contribution in [0.4, 0.5) is 0 Å². The third-order valence-electron chi connectivity index (χ3n) is 4.21. The van der Waals surface area contributed by atoms with E-state index in [0.29, 0.717) is 33.8 Å². The van der Waals surface area contributed by atoms with Gasteiger partial charge in [-0.1, -0.05) is 22.0 Å². The Morgan fingerprint density at radius 2 is 2.06 bits per heavy atom. The van der Waals surface area contributed by atoms with Crippen LogP contribution in [-0.2, 0) is 9.53 Å². The normalized spacial score (nSPS) is 11.3. The second kappa shape index (κ2) is 9.74. The molecule has 0 aliphatic carbocycles. The first-order valence-corrected chi connectivity index (χ1v) is 10.3. The predicted octanol–water partition coefficient (Wildman–Crippen LogP) is 3.69. The minimum Gasteiger partial charge on any atom is -0.493 e. The van der Waals surface area contributed by atoms with Crippen LogP contribution in [0, 0.1) is 6.92 Å². The van der Waals surface area contributed by atoms with Crippen molar-refractivity contribution in [2.75, 3.05) is 13.7 Å². The number of aromatic nitrogens is 2. The molecule has 162 valence electrons. The number of ether oxygens (including phenoxy) is 3. The molecular weight excluding hydrogens is 466 g/mol. The van der Waals surface area contributed by atoms with Crippen LogP contribution in [0.2, 0.25) is 0 Å². The standard InChI is InChI=1S/C22H22BrN3O5/c1-13(2)31-20(27)12-30-21-15(6-5-7-19(21)29-4)11-24-26-14(3)25-18-9-8-16(23)10-17(18)22(26)28/h5-11,13H,12H2,1-4H3. The first kappa shape index (κ1) is 22.5. The molecule has 0 aliphatic rings. The summed E-state index contributed by atoms with van der Waals surface area (Å²) in [4.78, 5) is 29.2. The summed E-state index contributed by atoms with van der Waals surface area (Å²) < 4.78 is 18.1. The highest BCUT2D eigenvalue weighted by molar-refractivity contribution is 9.10. The average molecular weight is 488 g/mol. The van der Waals surface area contributed by atoms with Crippen molar-refractivity contribution in [2.24, 2.45) is 5.10 Å². The van der Waals surface area contributed by atoms with Crippen LogP contribution in [0.25, 0.3) is 10.9 Å². The zero-order valence-electron chi connectivity index (χ0n) is 17.6. The van der Waals surface area contributed by atoms with Crippen LogP contribution < -0.4 is 15.0 Å². The third kappa shape index (κ3) is 5.29. The van der Waals surface area contributed by atoms with Gasteiger partial charge in [-0.25, -0.2) is 9.78 Å². The predicted molar refractivity (Wildman–Crippen MR) is 121 cm³/mol. The van der Waals surface area contributed by atoms with Crippen LogP contribution >= 0.6 is 15.9 Å². The van der Waals surface area contributed by atoms with Crippen molar-refractivity contribution < 1.29 is 19.0 Å². The van der Waals surface area contributed by atoms with Crippen molar-refractivity contribution in [1.29, 1.82) is 0 Å². The van der Waals surface area contributed by atoms with E-state index in [2.05, 4.69) is 26.0 Å². The topological polar surface area (TPSA) is 92.0 Å². The number of halogens is 1. The lowest BCUT2D eigenvalue weighted by atomic mass is 10.2. The number of esters is 1. The van der Waals surface area contributed by atoms with E-state index >= 15 is 0 Å². The first-order chi connectivity index (χ1) is 14.8. The number of aryl methyl sites for hydroxylation is 1. The number of fused-ring (bicyclic) bond motifs is 1. The second-order valence-corrected chi connectivity index (χ2v) is 7.80. The van der Waals surface area contributed by atoms with Crippen LogP contribution in [0.5, 0.6) is 11.5 Å². The highest BCUT2D eigenvalue weighted by Crippen LogP contribution is 2.30. The van der Waals surface area contributed by atoms with Gasteiger partial charge in [0, 0.05) is 10.0 Å². The van der Waals surface area contributed by atoms with Crippen molar-refractivity contribution in [3.8, 4) is 11.5 Å². The molecule has 2 aromatic carbocycles. The minimum absolute atomic E-state index is 0.245. The molecule has 0 atom stereocenters. The molecule has 9 heteroatoms. The number of hydrogen-bond acceptors (Lipinski definition) is 7. The molecule has 0 saturated heterocycles. The van der Waals surface area contributed by atoms with Crippen molar-refractivity contribution in [2.45, 2.75) is 26.9 Å². The maximum Gasteiger partial charge on any atom is 0.344 e. The zero-order chi connectivity index (χ0) is 22.5. The van der Waals surface area contributed by atoms with Gasteiger partial charge in [-0.15, -0.1) is 0 Å². The molecule has 0 N–H and O–H groups in total. The van der Waals surface area contributed by atoms with E-state index in [0.717, 1.165) is 4.47 Å². The van der Waals surface area contributed by atoms with Crippen LogP contribution in [0.15, 0.2) is 50.8 Å². The molecule has 0 unspecified atom stereocenters. The van der Waals surface area contributed by atoms with Gasteiger partial charge in [0.1, 0.15) is 5.82 Å². The van der Waals surface area contributed by atoms with E-state index in [1.54, 1.807) is 51.1 Å². The van der Waals surface area contributed by atoms with Crippen LogP contribution in [0.3, 0.4) is 0 Å². The fourth-order valence-corrected chi connectivity index (χ4v) is 3.25. The number of carbonyl (C=O) groups is 1. The number of hydrogen-bond donors (Lipinski definition) is 0. The van der Waals surface area contributed by atoms with Gasteiger partial charge in [0.05, 0.1) is 30.3 Å². The maximum absolute atomic E-state index is 12.9. The monoisotopic (exact) mass is 487 g/mol. The molecule has 0 fully saturated rings. The molecule has 31 heavy (non-hydrogen) atoms. The van der Waals surface area contributed by atoms with Gasteiger partial charge in [-0.2, -0.15) is 9.78 Å². The van der Waals surface area contributed by atoms with Gasteiger partial charge in [0.15, 0.2) is 18.1 Å². The van der Waals surface area contributed by atoms with Gasteiger partial charge >= 0.3 is 5.97 Å². The number of nitrogens with zero attached hydrogens (tertiary/aromatic N) is 3. The molecular formula is C22H22BrN3O5. The Kier molecular flexibility index (Phi) is 7.06. The van der Waals surface area contributed by atoms with Crippen LogP contribution in [-0.4, -0.2) is 41.7 Å². The van der Waals surface area contributed by atoms with Crippen molar-refractivity contribution in [3.05, 3.63) is 62.6 Å². The summed E-state index contributed by atoms with van der Waals surface area (Å²) in [7, 11) is 1.50. The zero-order valence-corrected chi connectivity index (χ0v) is 19.2. The summed E-state index contributed by atoms with van der Waals surface area (Å²) in [6.07, 6.45) is 1.22. The Labute approximate surface area is 187 Å². The highest BCUT2D eigenvalue weighted by Gasteiger charge is 2.14. The Hall–Kier alpha value is -3.20. The average Bonchev–Trinajstić information content (AvgIpc) is 2.72. The van der Waals surface area contributed by atoms with Crippen molar-refractivity contribution in [1.82, 2.24) is 9.66 Å². The lowest BCUT2D eigenvalue weighted by molar-refractivity contribution is -0.149. The highest BCUT2D eigenvalue weighted by atomic mass is 79.9. The SMILES string of the molecule is COc1cccc(C=Nn2c(C)nc3ccc(Br)cc3c2=O)c1OCC(=O)OC(C)C. The summed E-state index contributed by atoms with van der Waals surface area (Å²) in [5.74, 6) is 0.671. The number of carbonyl (C=O) groups excluding carboxylic acids is 1. The van der Waals surface area contributed by atoms with E-state index in [1.807, 2.05) is 6.07 Å². The Morgan fingerprint density at radius 3 is 2.77 bits per heavy atom. The minimum atomic E-state index is -0.500. The summed E-state index contributed by atoms with van der Waals surface area (Å²) in [6.45, 7) is 4.93. The smallest absolute Gasteiger partial charge is 0.344 e. The maximum atomic E-state index is 12.9. The molecule has 3 rings (SSSR count). The molecule has 0 spiro atoms. The Bertz CT molecular complexity index is 1200. The van der Waals surface area contributed by atoms with E-state index in [4.69, 9.17) is 14.2 Å². The number of para-hydroxylation sites is 1. The largest absolute Gasteiger partial charge is 0.493 e. The van der Waals surface area contributed by atoms with E-state index in [1.165, 1.54) is 18.0 Å². The fraction of sp³-hybridized carbons (Fsp3) is 0.273. The fourth-order valence-electron chi connectivity index (χ4n) is 2.89. The third-order valence-corrected chi connectivity index (χ3v) is 4.71. The van der Waals surface area contributed by atoms with Gasteiger partial charge in [-0.3, -0.25) is 4.79 Å². The van der Waals surface area contributed by atoms with Crippen molar-refractivity contribution >= 4 is 39.0 Å². The van der Waals surface area contributed by atoms with E-state index in [9.17, 15) is 9.59 Å². The molecule has 0 saturated carbocycles. The summed E-state index contributed by atoms with van der Waals surface area (Å²) in [6, 6.07) is 10.5. The van der Waals surface area contributed by atoms with E-state index < -0.39 is 5.97 Å². The van der Waals surface area contributed by atoms with Crippen LogP contribution in [0.1, 0.15) is 25.2 Å². The van der Waals surface area contributed by atoms with Gasteiger partial charge in [0.25, 0.3) is 5.56 Å². The number of methoxy groups -OCH3 is 1. The van der Waals surface area contributed by atoms with E-state index in [-0.39, 0.29) is 18.3 Å². The summed E-state index contributed by atoms with van der Waals surface area (Å²) >= 11 is 3.37. The quantitative estimate of drug-likeness (QED) is 0.372. The lowest BCUT2D eigenvalue weighted by Gasteiger charge is -2.14. The first-order valence-electron chi connectivity index (χ1n) is 9.52. The second-order valence-electron chi connectivity index (χ2n) is 6.89. The number of rotatable bonds is 7. The Morgan fingerprint density at radius 1 is 1.29 bits per heavy atom. The van der Waals surface area contributed by atoms with Gasteiger partial charge in [-0.05, 0) is 51.1 Å². The molecule has 0 radical (unpaired) electrons. The molecule has 0 aliphatic heterocycles. The molecule has 3 aromatic rings. The van der Waals surface area contributed by atoms with Crippen molar-refractivity contribution in [3.63, 3.8) is 0 Å². The number of benzene rings is 2. The summed E-state index contributed by atoms with van der Waals surface area (Å²) in [5, 5.41) is 4.76. The molecule has 0 amide bonds. The molecule has 8 nitrogen and oxygen atoms in total.